The molecule has 2 atom stereocenters. The van der Waals surface area contributed by atoms with E-state index in [0.717, 1.165) is 24.6 Å². The Balaban J connectivity index is 1.74. The van der Waals surface area contributed by atoms with Gasteiger partial charge < -0.3 is 4.74 Å². The zero-order chi connectivity index (χ0) is 15.7. The first-order valence-electron chi connectivity index (χ1n) is 7.37. The minimum Gasteiger partial charge on any atom is -0.379 e. The first-order chi connectivity index (χ1) is 10.5. The number of nitrogens with one attached hydrogen (secondary N) is 1. The topological polar surface area (TPSA) is 97.6 Å². The van der Waals surface area contributed by atoms with E-state index in [-0.39, 0.29) is 17.6 Å². The third kappa shape index (κ3) is 2.86. The molecule has 0 radical (unpaired) electrons. The highest BCUT2D eigenvalue weighted by Gasteiger charge is 2.36. The van der Waals surface area contributed by atoms with Crippen molar-refractivity contribution in [2.75, 3.05) is 20.2 Å². The highest BCUT2D eigenvalue weighted by atomic mass is 16.5. The van der Waals surface area contributed by atoms with Gasteiger partial charge >= 0.3 is 0 Å². The summed E-state index contributed by atoms with van der Waals surface area (Å²) in [6, 6.07) is 0. The molecule has 0 spiro atoms. The molecule has 9 nitrogen and oxygen atoms in total. The van der Waals surface area contributed by atoms with E-state index in [4.69, 9.17) is 4.74 Å². The van der Waals surface area contributed by atoms with Crippen LogP contribution in [0.2, 0.25) is 0 Å². The molecule has 2 aromatic heterocycles. The van der Waals surface area contributed by atoms with Crippen molar-refractivity contribution in [1.82, 2.24) is 40.5 Å². The average molecular weight is 306 g/mol. The van der Waals surface area contributed by atoms with Gasteiger partial charge in [0.2, 0.25) is 0 Å². The van der Waals surface area contributed by atoms with Gasteiger partial charge in [0.25, 0.3) is 0 Å². The number of rotatable bonds is 4. The van der Waals surface area contributed by atoms with E-state index in [1.807, 2.05) is 4.68 Å². The molecule has 1 saturated heterocycles. The first kappa shape index (κ1) is 15.0. The Morgan fingerprint density at radius 3 is 2.82 bits per heavy atom. The predicted molar refractivity (Wildman–Crippen MR) is 78.0 cm³/mol. The van der Waals surface area contributed by atoms with Gasteiger partial charge in [-0.2, -0.15) is 15.4 Å². The Bertz CT molecular complexity index is 602. The van der Waals surface area contributed by atoms with Crippen LogP contribution in [0.3, 0.4) is 0 Å². The molecule has 120 valence electrons. The second-order valence-corrected chi connectivity index (χ2v) is 6.65. The smallest absolute Gasteiger partial charge is 0.165 e. The van der Waals surface area contributed by atoms with Crippen molar-refractivity contribution < 1.29 is 4.74 Å². The van der Waals surface area contributed by atoms with Gasteiger partial charge in [-0.25, -0.2) is 4.68 Å². The lowest BCUT2D eigenvalue weighted by atomic mass is 10.0. The number of aromatic nitrogens is 7. The number of methoxy groups -OCH3 is 1. The van der Waals surface area contributed by atoms with Crippen LogP contribution in [-0.4, -0.2) is 66.8 Å². The second kappa shape index (κ2) is 5.73. The van der Waals surface area contributed by atoms with Crippen molar-refractivity contribution in [1.29, 1.82) is 0 Å². The van der Waals surface area contributed by atoms with Crippen LogP contribution in [0.25, 0.3) is 0 Å². The van der Waals surface area contributed by atoms with Crippen LogP contribution in [-0.2, 0) is 16.8 Å². The molecular formula is C13H22N8O. The maximum absolute atomic E-state index is 5.61. The van der Waals surface area contributed by atoms with Gasteiger partial charge in [0, 0.05) is 26.1 Å². The van der Waals surface area contributed by atoms with Gasteiger partial charge in [-0.3, -0.25) is 4.90 Å². The molecule has 0 unspecified atom stereocenters. The van der Waals surface area contributed by atoms with E-state index >= 15 is 0 Å². The zero-order valence-electron chi connectivity index (χ0n) is 13.4. The average Bonchev–Trinajstić information content (AvgIpc) is 3.17. The Morgan fingerprint density at radius 1 is 1.36 bits per heavy atom. The molecule has 0 saturated carbocycles. The lowest BCUT2D eigenvalue weighted by molar-refractivity contribution is 0.0951. The van der Waals surface area contributed by atoms with Gasteiger partial charge in [-0.15, -0.1) is 5.10 Å². The first-order valence-corrected chi connectivity index (χ1v) is 7.37. The Labute approximate surface area is 129 Å². The largest absolute Gasteiger partial charge is 0.379 e. The van der Waals surface area contributed by atoms with E-state index in [9.17, 15) is 0 Å². The fourth-order valence-corrected chi connectivity index (χ4v) is 2.92. The zero-order valence-corrected chi connectivity index (χ0v) is 13.4. The van der Waals surface area contributed by atoms with Crippen LogP contribution in [0.1, 0.15) is 38.2 Å². The molecule has 9 heteroatoms. The number of tetrazole rings is 1. The maximum atomic E-state index is 5.61. The summed E-state index contributed by atoms with van der Waals surface area (Å²) in [5, 5.41) is 22.9. The number of hydrogen-bond acceptors (Lipinski definition) is 7. The van der Waals surface area contributed by atoms with Crippen molar-refractivity contribution in [2.24, 2.45) is 0 Å². The van der Waals surface area contributed by atoms with E-state index in [1.165, 1.54) is 0 Å². The molecule has 1 N–H and O–H groups in total. The number of hydrogen-bond donors (Lipinski definition) is 1. The fourth-order valence-electron chi connectivity index (χ4n) is 2.92. The van der Waals surface area contributed by atoms with E-state index in [2.05, 4.69) is 56.6 Å². The second-order valence-electron chi connectivity index (χ2n) is 6.65. The highest BCUT2D eigenvalue weighted by molar-refractivity contribution is 5.09. The van der Waals surface area contributed by atoms with Crippen LogP contribution in [0.4, 0.5) is 0 Å². The number of nitrogens with zero attached hydrogens (tertiary/aromatic N) is 7. The molecule has 2 aromatic rings. The molecule has 0 bridgehead atoms. The van der Waals surface area contributed by atoms with Crippen molar-refractivity contribution in [3.8, 4) is 0 Å². The van der Waals surface area contributed by atoms with Crippen LogP contribution < -0.4 is 0 Å². The third-order valence-electron chi connectivity index (χ3n) is 3.99. The number of likely N-dealkylation sites (tertiary alicyclic amines) is 1. The quantitative estimate of drug-likeness (QED) is 0.859. The molecule has 0 amide bonds. The Kier molecular flexibility index (Phi) is 3.92. The molecule has 0 aliphatic carbocycles. The monoisotopic (exact) mass is 306 g/mol. The molecule has 1 fully saturated rings. The van der Waals surface area contributed by atoms with Crippen molar-refractivity contribution in [3.63, 3.8) is 0 Å². The van der Waals surface area contributed by atoms with Gasteiger partial charge in [0.05, 0.1) is 30.1 Å². The fraction of sp³-hybridized carbons (Fsp3) is 0.769. The van der Waals surface area contributed by atoms with Crippen LogP contribution >= 0.6 is 0 Å². The lowest BCUT2D eigenvalue weighted by Crippen LogP contribution is -2.30. The molecule has 22 heavy (non-hydrogen) atoms. The summed E-state index contributed by atoms with van der Waals surface area (Å²) in [7, 11) is 1.74. The maximum Gasteiger partial charge on any atom is 0.165 e. The number of ether oxygens (including phenoxy) is 1. The van der Waals surface area contributed by atoms with Crippen molar-refractivity contribution in [2.45, 2.75) is 44.9 Å². The Morgan fingerprint density at radius 2 is 2.18 bits per heavy atom. The normalized spacial score (nSPS) is 23.3. The molecule has 1 aliphatic rings. The van der Waals surface area contributed by atoms with Gasteiger partial charge in [0.15, 0.2) is 5.82 Å². The molecule has 3 rings (SSSR count). The summed E-state index contributed by atoms with van der Waals surface area (Å²) in [6.07, 6.45) is 1.86. The Hall–Kier alpha value is -1.87. The molecule has 1 aliphatic heterocycles. The van der Waals surface area contributed by atoms with E-state index < -0.39 is 0 Å². The van der Waals surface area contributed by atoms with Crippen molar-refractivity contribution in [3.05, 3.63) is 17.7 Å². The predicted octanol–water partition coefficient (Wildman–Crippen LogP) is 0.161. The van der Waals surface area contributed by atoms with E-state index in [0.29, 0.717) is 6.54 Å². The minimum atomic E-state index is -0.134. The number of H-pyrrole nitrogens is 1. The molecule has 3 heterocycles. The summed E-state index contributed by atoms with van der Waals surface area (Å²) >= 11 is 0. The highest BCUT2D eigenvalue weighted by Crippen LogP contribution is 2.28. The standard InChI is InChI=1S/C13H22N8O/c1-13(2,3)21-12(16-18-19-21)8-20-6-9(11(7-20)22-4)10-5-14-17-15-10/h5,9,11H,6-8H2,1-4H3,(H,14,15,17)/t9-,11+/m0/s1. The summed E-state index contributed by atoms with van der Waals surface area (Å²) in [4.78, 5) is 2.29. The summed E-state index contributed by atoms with van der Waals surface area (Å²) in [5.41, 5.74) is 0.801. The molecule has 0 aromatic carbocycles. The van der Waals surface area contributed by atoms with Gasteiger partial charge in [-0.05, 0) is 31.2 Å². The number of aromatic amines is 1. The lowest BCUT2D eigenvalue weighted by Gasteiger charge is -2.22. The minimum absolute atomic E-state index is 0.101. The SMILES string of the molecule is CO[C@@H]1CN(Cc2nnnn2C(C)(C)C)C[C@H]1c1cn[nH]n1. The van der Waals surface area contributed by atoms with Gasteiger partial charge in [0.1, 0.15) is 0 Å². The van der Waals surface area contributed by atoms with Gasteiger partial charge in [-0.1, -0.05) is 0 Å². The van der Waals surface area contributed by atoms with E-state index in [1.54, 1.807) is 13.3 Å². The molecular weight excluding hydrogens is 284 g/mol. The van der Waals surface area contributed by atoms with Crippen LogP contribution in [0.5, 0.6) is 0 Å². The van der Waals surface area contributed by atoms with Crippen molar-refractivity contribution >= 4 is 0 Å². The van der Waals surface area contributed by atoms with Crippen LogP contribution in [0.15, 0.2) is 6.20 Å². The van der Waals surface area contributed by atoms with Crippen LogP contribution in [0, 0.1) is 0 Å². The summed E-state index contributed by atoms with van der Waals surface area (Å²) < 4.78 is 7.49. The summed E-state index contributed by atoms with van der Waals surface area (Å²) in [5.74, 6) is 1.07. The summed E-state index contributed by atoms with van der Waals surface area (Å²) in [6.45, 7) is 8.64. The third-order valence-corrected chi connectivity index (χ3v) is 3.99.